The fraction of sp³-hybridized carbons (Fsp3) is 0.316. The van der Waals surface area contributed by atoms with E-state index in [9.17, 15) is 17.6 Å². The van der Waals surface area contributed by atoms with Gasteiger partial charge in [-0.25, -0.2) is 17.6 Å². The quantitative estimate of drug-likeness (QED) is 0.448. The molecule has 6 nitrogen and oxygen atoms in total. The molecule has 0 aromatic heterocycles. The van der Waals surface area contributed by atoms with Crippen LogP contribution in [0.15, 0.2) is 47.4 Å². The Bertz CT molecular complexity index is 932. The third kappa shape index (κ3) is 5.21. The number of hydrogen-bond acceptors (Lipinski definition) is 5. The van der Waals surface area contributed by atoms with E-state index in [1.165, 1.54) is 6.07 Å². The van der Waals surface area contributed by atoms with Crippen molar-refractivity contribution in [3.63, 3.8) is 0 Å². The fourth-order valence-electron chi connectivity index (χ4n) is 2.46. The van der Waals surface area contributed by atoms with E-state index >= 15 is 0 Å². The molecule has 152 valence electrons. The molecule has 0 spiro atoms. The predicted octanol–water partition coefficient (Wildman–Crippen LogP) is 3.75. The van der Waals surface area contributed by atoms with E-state index in [2.05, 4.69) is 0 Å². The standard InChI is InChI=1S/C19H21ClFNO5S/c1-3-22(4-2)28(24,25)18-13-14(9-10-16(18)21)19(23)27-12-11-26-17-8-6-5-7-15(17)20/h5-10,13H,3-4,11-12H2,1-2H3. The smallest absolute Gasteiger partial charge is 0.338 e. The molecule has 0 aliphatic carbocycles. The van der Waals surface area contributed by atoms with Crippen LogP contribution in [0.3, 0.4) is 0 Å². The molecule has 0 aliphatic heterocycles. The molecular weight excluding hydrogens is 409 g/mol. The molecule has 0 aliphatic rings. The second kappa shape index (κ2) is 9.86. The van der Waals surface area contributed by atoms with Crippen molar-refractivity contribution in [2.45, 2.75) is 18.7 Å². The van der Waals surface area contributed by atoms with Crippen LogP contribution in [-0.2, 0) is 14.8 Å². The minimum Gasteiger partial charge on any atom is -0.488 e. The van der Waals surface area contributed by atoms with Crippen molar-refractivity contribution in [3.05, 3.63) is 58.9 Å². The summed E-state index contributed by atoms with van der Waals surface area (Å²) in [6, 6.07) is 9.95. The molecule has 0 bridgehead atoms. The number of para-hydroxylation sites is 1. The van der Waals surface area contributed by atoms with Crippen molar-refractivity contribution in [1.29, 1.82) is 0 Å². The minimum absolute atomic E-state index is 0.0568. The van der Waals surface area contributed by atoms with Crippen LogP contribution in [0.1, 0.15) is 24.2 Å². The lowest BCUT2D eigenvalue weighted by atomic mass is 10.2. The number of sulfonamides is 1. The summed E-state index contributed by atoms with van der Waals surface area (Å²) >= 11 is 5.96. The summed E-state index contributed by atoms with van der Waals surface area (Å²) in [5.41, 5.74) is -0.0649. The molecule has 9 heteroatoms. The molecule has 2 rings (SSSR count). The van der Waals surface area contributed by atoms with Crippen molar-refractivity contribution in [2.75, 3.05) is 26.3 Å². The molecule has 28 heavy (non-hydrogen) atoms. The Hall–Kier alpha value is -2.16. The van der Waals surface area contributed by atoms with Gasteiger partial charge in [0, 0.05) is 13.1 Å². The van der Waals surface area contributed by atoms with Crippen molar-refractivity contribution >= 4 is 27.6 Å². The first-order valence-electron chi connectivity index (χ1n) is 8.65. The first kappa shape index (κ1) is 22.1. The summed E-state index contributed by atoms with van der Waals surface area (Å²) in [4.78, 5) is 11.6. The average Bonchev–Trinajstić information content (AvgIpc) is 2.67. The lowest BCUT2D eigenvalue weighted by Crippen LogP contribution is -2.31. The van der Waals surface area contributed by atoms with E-state index in [1.807, 2.05) is 0 Å². The van der Waals surface area contributed by atoms with Gasteiger partial charge in [-0.1, -0.05) is 37.6 Å². The normalized spacial score (nSPS) is 11.5. The monoisotopic (exact) mass is 429 g/mol. The highest BCUT2D eigenvalue weighted by Gasteiger charge is 2.26. The van der Waals surface area contributed by atoms with E-state index in [1.54, 1.807) is 38.1 Å². The second-order valence-corrected chi connectivity index (χ2v) is 7.96. The number of rotatable bonds is 9. The molecule has 0 fully saturated rings. The summed E-state index contributed by atoms with van der Waals surface area (Å²) < 4.78 is 50.8. The second-order valence-electron chi connectivity index (χ2n) is 5.65. The topological polar surface area (TPSA) is 72.9 Å². The molecule has 0 unspecified atom stereocenters. The van der Waals surface area contributed by atoms with E-state index in [0.29, 0.717) is 10.8 Å². The minimum atomic E-state index is -4.04. The SMILES string of the molecule is CCN(CC)S(=O)(=O)c1cc(C(=O)OCCOc2ccccc2Cl)ccc1F. The maximum Gasteiger partial charge on any atom is 0.338 e. The lowest BCUT2D eigenvalue weighted by Gasteiger charge is -2.19. The molecule has 2 aromatic rings. The van der Waals surface area contributed by atoms with E-state index in [-0.39, 0.29) is 31.9 Å². The van der Waals surface area contributed by atoms with Gasteiger partial charge in [0.2, 0.25) is 10.0 Å². The molecule has 0 radical (unpaired) electrons. The Labute approximate surface area is 168 Å². The van der Waals surface area contributed by atoms with Gasteiger partial charge < -0.3 is 9.47 Å². The lowest BCUT2D eigenvalue weighted by molar-refractivity contribution is 0.0450. The number of hydrogen-bond donors (Lipinski definition) is 0. The van der Waals surface area contributed by atoms with Gasteiger partial charge in [0.05, 0.1) is 10.6 Å². The van der Waals surface area contributed by atoms with Gasteiger partial charge in [0.15, 0.2) is 0 Å². The van der Waals surface area contributed by atoms with Crippen LogP contribution < -0.4 is 4.74 Å². The first-order chi connectivity index (χ1) is 13.3. The summed E-state index contributed by atoms with van der Waals surface area (Å²) in [6.07, 6.45) is 0. The predicted molar refractivity (Wildman–Crippen MR) is 104 cm³/mol. The number of ether oxygens (including phenoxy) is 2. The number of nitrogens with zero attached hydrogens (tertiary/aromatic N) is 1. The van der Waals surface area contributed by atoms with E-state index in [0.717, 1.165) is 16.4 Å². The molecule has 2 aromatic carbocycles. The Balaban J connectivity index is 2.05. The highest BCUT2D eigenvalue weighted by Crippen LogP contribution is 2.23. The summed E-state index contributed by atoms with van der Waals surface area (Å²) in [5, 5.41) is 0.429. The molecule has 0 saturated carbocycles. The highest BCUT2D eigenvalue weighted by atomic mass is 35.5. The van der Waals surface area contributed by atoms with Crippen LogP contribution in [0.25, 0.3) is 0 Å². The van der Waals surface area contributed by atoms with Crippen LogP contribution >= 0.6 is 11.6 Å². The molecular formula is C19H21ClFNO5S. The van der Waals surface area contributed by atoms with Gasteiger partial charge in [0.1, 0.15) is 29.7 Å². The molecule has 0 atom stereocenters. The van der Waals surface area contributed by atoms with Gasteiger partial charge in [-0.15, -0.1) is 0 Å². The molecule has 0 heterocycles. The Morgan fingerprint density at radius 3 is 2.43 bits per heavy atom. The van der Waals surface area contributed by atoms with Crippen LogP contribution in [-0.4, -0.2) is 45.0 Å². The van der Waals surface area contributed by atoms with Crippen molar-refractivity contribution in [2.24, 2.45) is 0 Å². The zero-order valence-corrected chi connectivity index (χ0v) is 17.1. The number of carbonyl (C=O) groups excluding carboxylic acids is 1. The Morgan fingerprint density at radius 1 is 1.11 bits per heavy atom. The third-order valence-corrected chi connectivity index (χ3v) is 6.28. The van der Waals surface area contributed by atoms with E-state index in [4.69, 9.17) is 21.1 Å². The van der Waals surface area contributed by atoms with Gasteiger partial charge in [-0.05, 0) is 30.3 Å². The van der Waals surface area contributed by atoms with Gasteiger partial charge >= 0.3 is 5.97 Å². The number of halogens is 2. The van der Waals surface area contributed by atoms with Crippen molar-refractivity contribution < 1.29 is 27.1 Å². The number of carbonyl (C=O) groups is 1. The third-order valence-electron chi connectivity index (χ3n) is 3.90. The maximum atomic E-state index is 14.1. The average molecular weight is 430 g/mol. The van der Waals surface area contributed by atoms with Crippen molar-refractivity contribution in [3.8, 4) is 5.75 Å². The van der Waals surface area contributed by atoms with Crippen LogP contribution in [0.4, 0.5) is 4.39 Å². The van der Waals surface area contributed by atoms with Gasteiger partial charge in [0.25, 0.3) is 0 Å². The summed E-state index contributed by atoms with van der Waals surface area (Å²) in [5.74, 6) is -1.25. The maximum absolute atomic E-state index is 14.1. The number of esters is 1. The zero-order chi connectivity index (χ0) is 20.7. The largest absolute Gasteiger partial charge is 0.488 e. The Kier molecular flexibility index (Phi) is 7.79. The van der Waals surface area contributed by atoms with Crippen LogP contribution in [0, 0.1) is 5.82 Å². The van der Waals surface area contributed by atoms with Crippen LogP contribution in [0.5, 0.6) is 5.75 Å². The van der Waals surface area contributed by atoms with Gasteiger partial charge in [-0.2, -0.15) is 4.31 Å². The summed E-state index contributed by atoms with van der Waals surface area (Å²) in [6.45, 7) is 3.64. The van der Waals surface area contributed by atoms with Crippen LogP contribution in [0.2, 0.25) is 5.02 Å². The van der Waals surface area contributed by atoms with E-state index < -0.39 is 26.7 Å². The van der Waals surface area contributed by atoms with Gasteiger partial charge in [-0.3, -0.25) is 0 Å². The molecule has 0 saturated heterocycles. The summed E-state index contributed by atoms with van der Waals surface area (Å²) in [7, 11) is -4.04. The van der Waals surface area contributed by atoms with Crippen molar-refractivity contribution in [1.82, 2.24) is 4.31 Å². The highest BCUT2D eigenvalue weighted by molar-refractivity contribution is 7.89. The Morgan fingerprint density at radius 2 is 1.79 bits per heavy atom. The fourth-order valence-corrected chi connectivity index (χ4v) is 4.20. The molecule has 0 amide bonds. The first-order valence-corrected chi connectivity index (χ1v) is 10.5. The number of benzene rings is 2. The molecule has 0 N–H and O–H groups in total. The zero-order valence-electron chi connectivity index (χ0n) is 15.5.